The highest BCUT2D eigenvalue weighted by Crippen LogP contribution is 2.36. The Bertz CT molecular complexity index is 847. The van der Waals surface area contributed by atoms with Crippen LogP contribution in [-0.4, -0.2) is 17.1 Å². The molecule has 5 nitrogen and oxygen atoms in total. The molecule has 2 aromatic rings. The third-order valence-electron chi connectivity index (χ3n) is 5.15. The summed E-state index contributed by atoms with van der Waals surface area (Å²) in [5.41, 5.74) is 2.75. The molecule has 0 aromatic heterocycles. The van der Waals surface area contributed by atoms with Gasteiger partial charge in [0.25, 0.3) is 0 Å². The molecular weight excluding hydrogens is 399 g/mol. The number of amides is 2. The number of carboxylic acid groups (broad SMARTS) is 1. The molecule has 0 aliphatic heterocycles. The number of carboxylic acids is 1. The molecule has 1 aliphatic rings. The van der Waals surface area contributed by atoms with Gasteiger partial charge in [0.1, 0.15) is 0 Å². The van der Waals surface area contributed by atoms with Crippen LogP contribution in [0.2, 0.25) is 10.0 Å². The van der Waals surface area contributed by atoms with Gasteiger partial charge in [0, 0.05) is 12.2 Å². The van der Waals surface area contributed by atoms with Gasteiger partial charge in [0.2, 0.25) is 0 Å². The third kappa shape index (κ3) is 5.40. The summed E-state index contributed by atoms with van der Waals surface area (Å²) in [5, 5.41) is 15.6. The smallest absolute Gasteiger partial charge is 0.319 e. The van der Waals surface area contributed by atoms with Crippen molar-refractivity contribution in [3.63, 3.8) is 0 Å². The lowest BCUT2D eigenvalue weighted by molar-refractivity contribution is -0.142. The third-order valence-corrected chi connectivity index (χ3v) is 5.89. The number of urea groups is 1. The van der Waals surface area contributed by atoms with Crippen molar-refractivity contribution < 1.29 is 14.7 Å². The molecule has 148 valence electrons. The van der Waals surface area contributed by atoms with Gasteiger partial charge < -0.3 is 15.7 Å². The second kappa shape index (κ2) is 9.30. The fourth-order valence-electron chi connectivity index (χ4n) is 3.52. The number of anilines is 1. The highest BCUT2D eigenvalue weighted by atomic mass is 35.5. The number of carbonyl (C=O) groups excluding carboxylic acids is 1. The first-order valence-corrected chi connectivity index (χ1v) is 9.99. The van der Waals surface area contributed by atoms with Gasteiger partial charge in [-0.2, -0.15) is 0 Å². The summed E-state index contributed by atoms with van der Waals surface area (Å²) in [6.07, 6.45) is 3.20. The van der Waals surface area contributed by atoms with Gasteiger partial charge in [-0.15, -0.1) is 0 Å². The zero-order valence-corrected chi connectivity index (χ0v) is 16.8. The summed E-state index contributed by atoms with van der Waals surface area (Å²) in [6, 6.07) is 12.7. The standard InChI is InChI=1S/C21H22Cl2N2O3/c22-18-10-1-13(11-19(18)23)12-24-21(28)25-17-8-6-15(7-9-17)14-2-4-16(5-3-14)20(26)27/h1,6-11,14,16H,2-5,12H2,(H,26,27)(H2,24,25,28). The maximum atomic E-state index is 12.1. The minimum atomic E-state index is -0.690. The summed E-state index contributed by atoms with van der Waals surface area (Å²) in [7, 11) is 0. The molecule has 2 amide bonds. The van der Waals surface area contributed by atoms with E-state index in [1.54, 1.807) is 12.1 Å². The van der Waals surface area contributed by atoms with Crippen molar-refractivity contribution in [1.29, 1.82) is 0 Å². The Labute approximate surface area is 174 Å². The first kappa shape index (κ1) is 20.5. The van der Waals surface area contributed by atoms with Crippen molar-refractivity contribution in [2.24, 2.45) is 5.92 Å². The van der Waals surface area contributed by atoms with E-state index in [2.05, 4.69) is 10.6 Å². The van der Waals surface area contributed by atoms with Gasteiger partial charge in [-0.25, -0.2) is 4.79 Å². The van der Waals surface area contributed by atoms with E-state index in [1.165, 1.54) is 5.56 Å². The van der Waals surface area contributed by atoms with Crippen LogP contribution in [0.5, 0.6) is 0 Å². The molecule has 0 saturated heterocycles. The molecule has 3 N–H and O–H groups in total. The molecule has 28 heavy (non-hydrogen) atoms. The first-order chi connectivity index (χ1) is 13.4. The van der Waals surface area contributed by atoms with E-state index in [4.69, 9.17) is 28.3 Å². The van der Waals surface area contributed by atoms with E-state index in [1.807, 2.05) is 30.3 Å². The van der Waals surface area contributed by atoms with Crippen molar-refractivity contribution in [1.82, 2.24) is 5.32 Å². The number of hydrogen-bond donors (Lipinski definition) is 3. The zero-order chi connectivity index (χ0) is 20.1. The van der Waals surface area contributed by atoms with Crippen LogP contribution in [0.15, 0.2) is 42.5 Å². The quantitative estimate of drug-likeness (QED) is 0.582. The Kier molecular flexibility index (Phi) is 6.81. The van der Waals surface area contributed by atoms with Crippen LogP contribution in [0.3, 0.4) is 0 Å². The number of nitrogens with one attached hydrogen (secondary N) is 2. The maximum Gasteiger partial charge on any atom is 0.319 e. The average molecular weight is 421 g/mol. The summed E-state index contributed by atoms with van der Waals surface area (Å²) in [5.74, 6) is -0.519. The fourth-order valence-corrected chi connectivity index (χ4v) is 3.84. The van der Waals surface area contributed by atoms with Gasteiger partial charge in [0.15, 0.2) is 0 Å². The number of rotatable bonds is 5. The molecule has 0 spiro atoms. The van der Waals surface area contributed by atoms with E-state index in [9.17, 15) is 9.59 Å². The van der Waals surface area contributed by atoms with Gasteiger partial charge in [0.05, 0.1) is 16.0 Å². The van der Waals surface area contributed by atoms with Crippen LogP contribution in [0, 0.1) is 5.92 Å². The number of halogens is 2. The second-order valence-electron chi connectivity index (χ2n) is 7.06. The van der Waals surface area contributed by atoms with Crippen molar-refractivity contribution in [2.75, 3.05) is 5.32 Å². The molecule has 0 heterocycles. The molecule has 0 radical (unpaired) electrons. The minimum absolute atomic E-state index is 0.212. The molecule has 2 aromatic carbocycles. The van der Waals surface area contributed by atoms with Crippen LogP contribution in [0.4, 0.5) is 10.5 Å². The number of carbonyl (C=O) groups is 2. The van der Waals surface area contributed by atoms with E-state index in [0.717, 1.165) is 31.2 Å². The van der Waals surface area contributed by atoms with Crippen LogP contribution in [-0.2, 0) is 11.3 Å². The molecule has 7 heteroatoms. The van der Waals surface area contributed by atoms with E-state index in [0.29, 0.717) is 28.2 Å². The van der Waals surface area contributed by atoms with Crippen molar-refractivity contribution in [2.45, 2.75) is 38.1 Å². The second-order valence-corrected chi connectivity index (χ2v) is 7.88. The fraction of sp³-hybridized carbons (Fsp3) is 0.333. The SMILES string of the molecule is O=C(NCc1ccc(Cl)c(Cl)c1)Nc1ccc(C2CCC(C(=O)O)CC2)cc1. The summed E-state index contributed by atoms with van der Waals surface area (Å²) in [4.78, 5) is 23.1. The normalized spacial score (nSPS) is 19.1. The number of hydrogen-bond acceptors (Lipinski definition) is 2. The Hall–Kier alpha value is -2.24. The number of aliphatic carboxylic acids is 1. The monoisotopic (exact) mass is 420 g/mol. The topological polar surface area (TPSA) is 78.4 Å². The predicted molar refractivity (Wildman–Crippen MR) is 111 cm³/mol. The Morgan fingerprint density at radius 1 is 0.964 bits per heavy atom. The molecule has 0 bridgehead atoms. The van der Waals surface area contributed by atoms with Crippen molar-refractivity contribution in [3.8, 4) is 0 Å². The minimum Gasteiger partial charge on any atom is -0.481 e. The van der Waals surface area contributed by atoms with Crippen molar-refractivity contribution in [3.05, 3.63) is 63.6 Å². The van der Waals surface area contributed by atoms with Gasteiger partial charge in [-0.3, -0.25) is 4.79 Å². The highest BCUT2D eigenvalue weighted by Gasteiger charge is 2.26. The molecule has 0 atom stereocenters. The predicted octanol–water partition coefficient (Wildman–Crippen LogP) is 5.67. The molecule has 3 rings (SSSR count). The van der Waals surface area contributed by atoms with Crippen LogP contribution in [0.1, 0.15) is 42.7 Å². The lowest BCUT2D eigenvalue weighted by Gasteiger charge is -2.26. The molecule has 1 saturated carbocycles. The van der Waals surface area contributed by atoms with Gasteiger partial charge >= 0.3 is 12.0 Å². The Morgan fingerprint density at radius 2 is 1.64 bits per heavy atom. The largest absolute Gasteiger partial charge is 0.481 e. The molecule has 1 aliphatic carbocycles. The lowest BCUT2D eigenvalue weighted by Crippen LogP contribution is -2.28. The van der Waals surface area contributed by atoms with E-state index < -0.39 is 5.97 Å². The van der Waals surface area contributed by atoms with Crippen LogP contribution in [0.25, 0.3) is 0 Å². The molecular formula is C21H22Cl2N2O3. The van der Waals surface area contributed by atoms with E-state index in [-0.39, 0.29) is 11.9 Å². The van der Waals surface area contributed by atoms with Crippen molar-refractivity contribution >= 4 is 40.9 Å². The average Bonchev–Trinajstić information content (AvgIpc) is 2.69. The van der Waals surface area contributed by atoms with Crippen LogP contribution >= 0.6 is 23.2 Å². The van der Waals surface area contributed by atoms with E-state index >= 15 is 0 Å². The van der Waals surface area contributed by atoms with Crippen LogP contribution < -0.4 is 10.6 Å². The molecule has 0 unspecified atom stereocenters. The number of benzene rings is 2. The summed E-state index contributed by atoms with van der Waals surface area (Å²) in [6.45, 7) is 0.341. The van der Waals surface area contributed by atoms with Gasteiger partial charge in [-0.1, -0.05) is 41.4 Å². The highest BCUT2D eigenvalue weighted by molar-refractivity contribution is 6.42. The first-order valence-electron chi connectivity index (χ1n) is 9.24. The maximum absolute atomic E-state index is 12.1. The van der Waals surface area contributed by atoms with Gasteiger partial charge in [-0.05, 0) is 67.0 Å². The Morgan fingerprint density at radius 3 is 2.25 bits per heavy atom. The lowest BCUT2D eigenvalue weighted by atomic mass is 9.79. The summed E-state index contributed by atoms with van der Waals surface area (Å²) >= 11 is 11.9. The summed E-state index contributed by atoms with van der Waals surface area (Å²) < 4.78 is 0. The zero-order valence-electron chi connectivity index (χ0n) is 15.3. The Balaban J connectivity index is 1.49. The molecule has 1 fully saturated rings.